The molecular formula is C26H30N2O2. The molecule has 3 aromatic rings. The molecule has 0 radical (unpaired) electrons. The molecule has 1 unspecified atom stereocenters. The first kappa shape index (κ1) is 20.4. The van der Waals surface area contributed by atoms with Crippen LogP contribution >= 0.6 is 0 Å². The van der Waals surface area contributed by atoms with E-state index in [1.165, 1.54) is 23.8 Å². The SMILES string of the molecule is CCCc1cc2ccccc2c2c1C(C(C)C)N(Cc1ccccc1)N2C(=O)OC. The molecule has 0 spiro atoms. The minimum Gasteiger partial charge on any atom is -0.452 e. The van der Waals surface area contributed by atoms with Crippen molar-refractivity contribution in [3.63, 3.8) is 0 Å². The van der Waals surface area contributed by atoms with Crippen molar-refractivity contribution in [1.29, 1.82) is 0 Å². The van der Waals surface area contributed by atoms with E-state index in [0.717, 1.165) is 29.3 Å². The molecule has 0 aliphatic carbocycles. The van der Waals surface area contributed by atoms with E-state index < -0.39 is 0 Å². The van der Waals surface area contributed by atoms with E-state index in [0.29, 0.717) is 12.5 Å². The zero-order chi connectivity index (χ0) is 21.3. The molecule has 0 fully saturated rings. The largest absolute Gasteiger partial charge is 0.452 e. The second kappa shape index (κ2) is 8.49. The Kier molecular flexibility index (Phi) is 5.78. The number of aryl methyl sites for hydroxylation is 1. The third-order valence-electron chi connectivity index (χ3n) is 5.92. The first-order chi connectivity index (χ1) is 14.6. The van der Waals surface area contributed by atoms with E-state index in [2.05, 4.69) is 62.2 Å². The van der Waals surface area contributed by atoms with Crippen molar-refractivity contribution in [2.24, 2.45) is 5.92 Å². The summed E-state index contributed by atoms with van der Waals surface area (Å²) in [5.74, 6) is 0.332. The summed E-state index contributed by atoms with van der Waals surface area (Å²) in [6.07, 6.45) is 1.71. The summed E-state index contributed by atoms with van der Waals surface area (Å²) in [6.45, 7) is 7.32. The first-order valence-corrected chi connectivity index (χ1v) is 10.8. The van der Waals surface area contributed by atoms with Gasteiger partial charge in [-0.05, 0) is 28.9 Å². The Morgan fingerprint density at radius 3 is 2.43 bits per heavy atom. The lowest BCUT2D eigenvalue weighted by molar-refractivity contribution is 0.119. The van der Waals surface area contributed by atoms with Crippen LogP contribution in [0.3, 0.4) is 0 Å². The van der Waals surface area contributed by atoms with Crippen LogP contribution in [0, 0.1) is 5.92 Å². The van der Waals surface area contributed by atoms with Crippen molar-refractivity contribution in [3.8, 4) is 0 Å². The number of hydrogen-bond donors (Lipinski definition) is 0. The van der Waals surface area contributed by atoms with Gasteiger partial charge in [0.05, 0.1) is 18.8 Å². The topological polar surface area (TPSA) is 32.8 Å². The van der Waals surface area contributed by atoms with Gasteiger partial charge in [0.2, 0.25) is 0 Å². The van der Waals surface area contributed by atoms with Gasteiger partial charge < -0.3 is 4.74 Å². The molecule has 30 heavy (non-hydrogen) atoms. The van der Waals surface area contributed by atoms with Crippen molar-refractivity contribution in [3.05, 3.63) is 77.4 Å². The van der Waals surface area contributed by atoms with Crippen LogP contribution in [0.5, 0.6) is 0 Å². The van der Waals surface area contributed by atoms with Crippen molar-refractivity contribution in [2.75, 3.05) is 12.1 Å². The second-order valence-corrected chi connectivity index (χ2v) is 8.32. The van der Waals surface area contributed by atoms with Crippen LogP contribution in [0.2, 0.25) is 0 Å². The molecule has 4 nitrogen and oxygen atoms in total. The molecule has 3 aromatic carbocycles. The van der Waals surface area contributed by atoms with Crippen LogP contribution in [0.15, 0.2) is 60.7 Å². The second-order valence-electron chi connectivity index (χ2n) is 8.32. The van der Waals surface area contributed by atoms with Gasteiger partial charge in [-0.3, -0.25) is 0 Å². The van der Waals surface area contributed by atoms with Gasteiger partial charge >= 0.3 is 6.09 Å². The molecule has 1 atom stereocenters. The molecule has 4 rings (SSSR count). The van der Waals surface area contributed by atoms with E-state index in [-0.39, 0.29) is 12.1 Å². The van der Waals surface area contributed by atoms with E-state index in [1.807, 2.05) is 24.3 Å². The molecule has 0 N–H and O–H groups in total. The predicted molar refractivity (Wildman–Crippen MR) is 122 cm³/mol. The number of amides is 1. The van der Waals surface area contributed by atoms with Gasteiger partial charge in [0, 0.05) is 17.5 Å². The highest BCUT2D eigenvalue weighted by Gasteiger charge is 2.44. The summed E-state index contributed by atoms with van der Waals surface area (Å²) < 4.78 is 5.28. The van der Waals surface area contributed by atoms with Gasteiger partial charge in [-0.25, -0.2) is 9.80 Å². The van der Waals surface area contributed by atoms with Gasteiger partial charge in [0.25, 0.3) is 0 Å². The molecule has 156 valence electrons. The molecule has 1 amide bonds. The average Bonchev–Trinajstić information content (AvgIpc) is 3.09. The van der Waals surface area contributed by atoms with E-state index in [4.69, 9.17) is 4.74 Å². The smallest absolute Gasteiger partial charge is 0.429 e. The number of fused-ring (bicyclic) bond motifs is 3. The lowest BCUT2D eigenvalue weighted by atomic mass is 9.87. The number of methoxy groups -OCH3 is 1. The standard InChI is InChI=1S/C26H30N2O2/c1-5-11-21-16-20-14-9-10-15-22(20)25-23(21)24(18(2)3)27(28(25)26(29)30-4)17-19-12-7-6-8-13-19/h6-10,12-16,18,24H,5,11,17H2,1-4H3. The normalized spacial score (nSPS) is 16.3. The molecule has 0 bridgehead atoms. The minimum absolute atomic E-state index is 0.102. The summed E-state index contributed by atoms with van der Waals surface area (Å²) in [4.78, 5) is 13.1. The van der Waals surface area contributed by atoms with Crippen LogP contribution in [-0.4, -0.2) is 18.2 Å². The molecule has 4 heteroatoms. The summed E-state index contributed by atoms with van der Waals surface area (Å²) >= 11 is 0. The lowest BCUT2D eigenvalue weighted by Gasteiger charge is -2.33. The molecular weight excluding hydrogens is 372 g/mol. The van der Waals surface area contributed by atoms with Crippen molar-refractivity contribution in [1.82, 2.24) is 5.01 Å². The Bertz CT molecular complexity index is 1050. The highest BCUT2D eigenvalue weighted by atomic mass is 16.5. The summed E-state index contributed by atoms with van der Waals surface area (Å²) in [5.41, 5.74) is 4.76. The number of anilines is 1. The summed E-state index contributed by atoms with van der Waals surface area (Å²) in [7, 11) is 1.46. The zero-order valence-corrected chi connectivity index (χ0v) is 18.3. The van der Waals surface area contributed by atoms with Crippen LogP contribution < -0.4 is 5.01 Å². The van der Waals surface area contributed by atoms with Crippen molar-refractivity contribution in [2.45, 2.75) is 46.2 Å². The number of carbonyl (C=O) groups is 1. The third kappa shape index (κ3) is 3.46. The van der Waals surface area contributed by atoms with E-state index in [1.54, 1.807) is 5.01 Å². The monoisotopic (exact) mass is 402 g/mol. The number of carbonyl (C=O) groups excluding carboxylic acids is 1. The Balaban J connectivity index is 1.98. The molecule has 1 heterocycles. The van der Waals surface area contributed by atoms with Gasteiger partial charge in [0.1, 0.15) is 0 Å². The molecule has 0 aromatic heterocycles. The number of ether oxygens (including phenoxy) is 1. The number of hydrazine groups is 1. The van der Waals surface area contributed by atoms with Gasteiger partial charge in [-0.15, -0.1) is 0 Å². The average molecular weight is 403 g/mol. The predicted octanol–water partition coefficient (Wildman–Crippen LogP) is 6.49. The van der Waals surface area contributed by atoms with Crippen LogP contribution in [-0.2, 0) is 17.7 Å². The Labute approximate surface area is 179 Å². The molecule has 1 aliphatic rings. The van der Waals surface area contributed by atoms with Gasteiger partial charge in [-0.2, -0.15) is 5.01 Å². The van der Waals surface area contributed by atoms with E-state index >= 15 is 0 Å². The summed E-state index contributed by atoms with van der Waals surface area (Å²) in [6, 6.07) is 21.1. The molecule has 0 saturated carbocycles. The number of hydrogen-bond acceptors (Lipinski definition) is 3. The first-order valence-electron chi connectivity index (χ1n) is 10.8. The lowest BCUT2D eigenvalue weighted by Crippen LogP contribution is -2.44. The fraction of sp³-hybridized carbons (Fsp3) is 0.346. The maximum Gasteiger partial charge on any atom is 0.429 e. The Hall–Kier alpha value is -2.85. The molecule has 1 aliphatic heterocycles. The summed E-state index contributed by atoms with van der Waals surface area (Å²) in [5, 5.41) is 6.24. The number of rotatable bonds is 5. The highest BCUT2D eigenvalue weighted by Crippen LogP contribution is 2.50. The third-order valence-corrected chi connectivity index (χ3v) is 5.92. The number of nitrogens with zero attached hydrogens (tertiary/aromatic N) is 2. The van der Waals surface area contributed by atoms with Crippen molar-refractivity contribution >= 4 is 22.6 Å². The Morgan fingerprint density at radius 2 is 1.77 bits per heavy atom. The fourth-order valence-corrected chi connectivity index (χ4v) is 4.74. The van der Waals surface area contributed by atoms with Gasteiger partial charge in [0.15, 0.2) is 0 Å². The van der Waals surface area contributed by atoms with E-state index in [9.17, 15) is 4.79 Å². The van der Waals surface area contributed by atoms with Crippen LogP contribution in [0.25, 0.3) is 10.8 Å². The quantitative estimate of drug-likeness (QED) is 0.489. The maximum absolute atomic E-state index is 13.1. The van der Waals surface area contributed by atoms with Gasteiger partial charge in [-0.1, -0.05) is 87.9 Å². The zero-order valence-electron chi connectivity index (χ0n) is 18.3. The maximum atomic E-state index is 13.1. The van der Waals surface area contributed by atoms with Crippen LogP contribution in [0.1, 0.15) is 49.9 Å². The number of benzene rings is 3. The minimum atomic E-state index is -0.339. The fourth-order valence-electron chi connectivity index (χ4n) is 4.74. The van der Waals surface area contributed by atoms with Crippen molar-refractivity contribution < 1.29 is 9.53 Å². The van der Waals surface area contributed by atoms with Crippen LogP contribution in [0.4, 0.5) is 10.5 Å². The highest BCUT2D eigenvalue weighted by molar-refractivity contribution is 6.04. The molecule has 0 saturated heterocycles. The Morgan fingerprint density at radius 1 is 1.07 bits per heavy atom.